The normalized spacial score (nSPS) is 11.9. The molecule has 21 heavy (non-hydrogen) atoms. The molecule has 2 aromatic carbocycles. The number of nitro groups is 1. The lowest BCUT2D eigenvalue weighted by molar-refractivity contribution is -0.384. The van der Waals surface area contributed by atoms with Crippen LogP contribution in [0.3, 0.4) is 0 Å². The van der Waals surface area contributed by atoms with Gasteiger partial charge >= 0.3 is 0 Å². The van der Waals surface area contributed by atoms with Gasteiger partial charge < -0.3 is 0 Å². The number of carbonyl (C=O) groups excluding carboxylic acids is 1. The molecule has 4 heteroatoms. The third-order valence-electron chi connectivity index (χ3n) is 3.52. The van der Waals surface area contributed by atoms with Crippen molar-refractivity contribution in [1.82, 2.24) is 0 Å². The van der Waals surface area contributed by atoms with E-state index in [0.717, 1.165) is 24.0 Å². The largest absolute Gasteiger partial charge is 0.294 e. The lowest BCUT2D eigenvalue weighted by atomic mass is 9.93. The van der Waals surface area contributed by atoms with E-state index in [-0.39, 0.29) is 17.4 Å². The Hall–Kier alpha value is -2.49. The molecule has 0 N–H and O–H groups in total. The maximum atomic E-state index is 12.2. The quantitative estimate of drug-likeness (QED) is 0.456. The van der Waals surface area contributed by atoms with Crippen molar-refractivity contribution in [2.75, 3.05) is 0 Å². The molecule has 0 saturated carbocycles. The second kappa shape index (κ2) is 6.79. The SMILES string of the molecule is CC(CCc1ccc([N+](=O)[O-])cc1)C(=O)c1ccccc1. The first-order chi connectivity index (χ1) is 10.1. The Labute approximate surface area is 123 Å². The van der Waals surface area contributed by atoms with Crippen LogP contribution in [0.2, 0.25) is 0 Å². The van der Waals surface area contributed by atoms with E-state index in [2.05, 4.69) is 0 Å². The molecule has 0 spiro atoms. The van der Waals surface area contributed by atoms with Gasteiger partial charge in [-0.3, -0.25) is 14.9 Å². The van der Waals surface area contributed by atoms with Crippen LogP contribution in [0.25, 0.3) is 0 Å². The summed E-state index contributed by atoms with van der Waals surface area (Å²) >= 11 is 0. The van der Waals surface area contributed by atoms with Crippen molar-refractivity contribution in [3.05, 3.63) is 75.8 Å². The van der Waals surface area contributed by atoms with Crippen molar-refractivity contribution in [3.63, 3.8) is 0 Å². The van der Waals surface area contributed by atoms with Crippen LogP contribution in [-0.2, 0) is 6.42 Å². The molecule has 108 valence electrons. The van der Waals surface area contributed by atoms with Crippen LogP contribution in [-0.4, -0.2) is 10.7 Å². The fourth-order valence-corrected chi connectivity index (χ4v) is 2.19. The average Bonchev–Trinajstić information content (AvgIpc) is 2.53. The number of Topliss-reactive ketones (excluding diaryl/α,β-unsaturated/α-hetero) is 1. The summed E-state index contributed by atoms with van der Waals surface area (Å²) in [6.07, 6.45) is 1.46. The summed E-state index contributed by atoms with van der Waals surface area (Å²) in [4.78, 5) is 22.4. The van der Waals surface area contributed by atoms with Crippen molar-refractivity contribution in [2.45, 2.75) is 19.8 Å². The number of aryl methyl sites for hydroxylation is 1. The van der Waals surface area contributed by atoms with Gasteiger partial charge in [0.05, 0.1) is 4.92 Å². The van der Waals surface area contributed by atoms with Crippen LogP contribution in [0.1, 0.15) is 29.3 Å². The molecule has 0 bridgehead atoms. The molecule has 1 atom stereocenters. The second-order valence-corrected chi connectivity index (χ2v) is 5.09. The van der Waals surface area contributed by atoms with Gasteiger partial charge in [-0.05, 0) is 18.4 Å². The number of hydrogen-bond acceptors (Lipinski definition) is 3. The zero-order valence-electron chi connectivity index (χ0n) is 11.9. The van der Waals surface area contributed by atoms with Gasteiger partial charge in [-0.2, -0.15) is 0 Å². The lowest BCUT2D eigenvalue weighted by Gasteiger charge is -2.10. The summed E-state index contributed by atoms with van der Waals surface area (Å²) in [6, 6.07) is 15.7. The summed E-state index contributed by atoms with van der Waals surface area (Å²) < 4.78 is 0. The van der Waals surface area contributed by atoms with Crippen LogP contribution in [0.5, 0.6) is 0 Å². The summed E-state index contributed by atoms with van der Waals surface area (Å²) in [5, 5.41) is 10.6. The van der Waals surface area contributed by atoms with Crippen LogP contribution >= 0.6 is 0 Å². The first kappa shape index (κ1) is 14.9. The maximum absolute atomic E-state index is 12.2. The number of non-ortho nitro benzene ring substituents is 1. The van der Waals surface area contributed by atoms with Gasteiger partial charge in [0, 0.05) is 23.6 Å². The molecule has 0 amide bonds. The van der Waals surface area contributed by atoms with Gasteiger partial charge in [-0.25, -0.2) is 0 Å². The molecule has 0 aliphatic heterocycles. The first-order valence-electron chi connectivity index (χ1n) is 6.90. The zero-order valence-corrected chi connectivity index (χ0v) is 11.9. The monoisotopic (exact) mass is 283 g/mol. The predicted octanol–water partition coefficient (Wildman–Crippen LogP) is 4.05. The first-order valence-corrected chi connectivity index (χ1v) is 6.90. The Morgan fingerprint density at radius 2 is 1.71 bits per heavy atom. The summed E-state index contributed by atoms with van der Waals surface area (Å²) in [5.74, 6) is 0.0695. The molecule has 2 rings (SSSR count). The number of benzene rings is 2. The van der Waals surface area contributed by atoms with Crippen LogP contribution in [0, 0.1) is 16.0 Å². The van der Waals surface area contributed by atoms with Gasteiger partial charge in [0.1, 0.15) is 0 Å². The number of hydrogen-bond donors (Lipinski definition) is 0. The average molecular weight is 283 g/mol. The zero-order chi connectivity index (χ0) is 15.2. The molecule has 0 radical (unpaired) electrons. The minimum absolute atomic E-state index is 0.0670. The molecule has 0 aliphatic carbocycles. The molecule has 0 aliphatic rings. The molecule has 4 nitrogen and oxygen atoms in total. The van der Waals surface area contributed by atoms with E-state index >= 15 is 0 Å². The van der Waals surface area contributed by atoms with E-state index < -0.39 is 4.92 Å². The third kappa shape index (κ3) is 3.99. The molecule has 0 heterocycles. The maximum Gasteiger partial charge on any atom is 0.269 e. The number of nitro benzene ring substituents is 1. The summed E-state index contributed by atoms with van der Waals surface area (Å²) in [6.45, 7) is 1.92. The van der Waals surface area contributed by atoms with Crippen LogP contribution in [0.4, 0.5) is 5.69 Å². The lowest BCUT2D eigenvalue weighted by Crippen LogP contribution is -2.12. The standard InChI is InChI=1S/C17H17NO3/c1-13(17(19)15-5-3-2-4-6-15)7-8-14-9-11-16(12-10-14)18(20)21/h2-6,9-13H,7-8H2,1H3. The number of ketones is 1. The Bertz CT molecular complexity index is 620. The van der Waals surface area contributed by atoms with Crippen molar-refractivity contribution in [3.8, 4) is 0 Å². The van der Waals surface area contributed by atoms with Crippen molar-refractivity contribution >= 4 is 11.5 Å². The second-order valence-electron chi connectivity index (χ2n) is 5.09. The topological polar surface area (TPSA) is 60.2 Å². The van der Waals surface area contributed by atoms with E-state index in [1.54, 1.807) is 12.1 Å². The van der Waals surface area contributed by atoms with Crippen molar-refractivity contribution < 1.29 is 9.72 Å². The van der Waals surface area contributed by atoms with Gasteiger partial charge in [0.2, 0.25) is 0 Å². The van der Waals surface area contributed by atoms with E-state index in [0.29, 0.717) is 0 Å². The molecule has 0 fully saturated rings. The highest BCUT2D eigenvalue weighted by Gasteiger charge is 2.15. The van der Waals surface area contributed by atoms with E-state index in [1.807, 2.05) is 37.3 Å². The summed E-state index contributed by atoms with van der Waals surface area (Å²) in [5.41, 5.74) is 1.83. The van der Waals surface area contributed by atoms with Gasteiger partial charge in [-0.1, -0.05) is 49.4 Å². The van der Waals surface area contributed by atoms with Crippen molar-refractivity contribution in [2.24, 2.45) is 5.92 Å². The van der Waals surface area contributed by atoms with E-state index in [1.165, 1.54) is 12.1 Å². The highest BCUT2D eigenvalue weighted by molar-refractivity contribution is 5.97. The Balaban J connectivity index is 1.93. The van der Waals surface area contributed by atoms with Crippen LogP contribution in [0.15, 0.2) is 54.6 Å². The Kier molecular flexibility index (Phi) is 4.82. The van der Waals surface area contributed by atoms with Gasteiger partial charge in [-0.15, -0.1) is 0 Å². The fourth-order valence-electron chi connectivity index (χ4n) is 2.19. The van der Waals surface area contributed by atoms with E-state index in [4.69, 9.17) is 0 Å². The highest BCUT2D eigenvalue weighted by atomic mass is 16.6. The smallest absolute Gasteiger partial charge is 0.269 e. The minimum Gasteiger partial charge on any atom is -0.294 e. The molecular formula is C17H17NO3. The Morgan fingerprint density at radius 1 is 1.10 bits per heavy atom. The van der Waals surface area contributed by atoms with E-state index in [9.17, 15) is 14.9 Å². The van der Waals surface area contributed by atoms with Crippen molar-refractivity contribution in [1.29, 1.82) is 0 Å². The molecule has 0 aromatic heterocycles. The van der Waals surface area contributed by atoms with Crippen LogP contribution < -0.4 is 0 Å². The number of nitrogens with zero attached hydrogens (tertiary/aromatic N) is 1. The minimum atomic E-state index is -0.411. The molecule has 0 saturated heterocycles. The predicted molar refractivity (Wildman–Crippen MR) is 81.4 cm³/mol. The van der Waals surface area contributed by atoms with Gasteiger partial charge in [0.15, 0.2) is 5.78 Å². The Morgan fingerprint density at radius 3 is 2.29 bits per heavy atom. The molecule has 2 aromatic rings. The number of carbonyl (C=O) groups is 1. The summed E-state index contributed by atoms with van der Waals surface area (Å²) in [7, 11) is 0. The number of rotatable bonds is 6. The van der Waals surface area contributed by atoms with Gasteiger partial charge in [0.25, 0.3) is 5.69 Å². The third-order valence-corrected chi connectivity index (χ3v) is 3.52. The highest BCUT2D eigenvalue weighted by Crippen LogP contribution is 2.17. The molecular weight excluding hydrogens is 266 g/mol. The molecule has 1 unspecified atom stereocenters. The fraction of sp³-hybridized carbons (Fsp3) is 0.235.